The van der Waals surface area contributed by atoms with Crippen LogP contribution < -0.4 is 11.1 Å². The SMILES string of the molecule is CCCCCCCCC(NC(=O)c1ccccc1)(C(N)=O)S(=O)(=O)c1ccccc1. The fourth-order valence-corrected chi connectivity index (χ4v) is 5.20. The molecular weight excluding hydrogens is 400 g/mol. The predicted octanol–water partition coefficient (Wildman–Crippen LogP) is 3.82. The lowest BCUT2D eigenvalue weighted by atomic mass is 10.0. The lowest BCUT2D eigenvalue weighted by molar-refractivity contribution is -0.121. The van der Waals surface area contributed by atoms with Crippen LogP contribution in [0.25, 0.3) is 0 Å². The number of nitrogens with two attached hydrogens (primary N) is 1. The largest absolute Gasteiger partial charge is 0.367 e. The first-order chi connectivity index (χ1) is 14.3. The second-order valence-corrected chi connectivity index (χ2v) is 9.52. The van der Waals surface area contributed by atoms with E-state index in [-0.39, 0.29) is 16.9 Å². The molecule has 2 aromatic rings. The quantitative estimate of drug-likeness (QED) is 0.499. The average molecular weight is 431 g/mol. The Hall–Kier alpha value is -2.67. The van der Waals surface area contributed by atoms with Crippen molar-refractivity contribution >= 4 is 21.7 Å². The first-order valence-electron chi connectivity index (χ1n) is 10.3. The van der Waals surface area contributed by atoms with Gasteiger partial charge in [-0.05, 0) is 37.1 Å². The summed E-state index contributed by atoms with van der Waals surface area (Å²) in [6, 6.07) is 15.8. The summed E-state index contributed by atoms with van der Waals surface area (Å²) in [5, 5.41) is 2.49. The number of carbonyl (C=O) groups excluding carboxylic acids is 2. The fourth-order valence-electron chi connectivity index (χ4n) is 3.38. The van der Waals surface area contributed by atoms with Gasteiger partial charge in [0.05, 0.1) is 4.90 Å². The lowest BCUT2D eigenvalue weighted by Gasteiger charge is -2.31. The highest BCUT2D eigenvalue weighted by Crippen LogP contribution is 2.30. The van der Waals surface area contributed by atoms with Gasteiger partial charge in [0.15, 0.2) is 0 Å². The molecule has 2 amide bonds. The molecule has 7 heteroatoms. The van der Waals surface area contributed by atoms with E-state index in [2.05, 4.69) is 12.2 Å². The van der Waals surface area contributed by atoms with Crippen molar-refractivity contribution in [1.29, 1.82) is 0 Å². The molecule has 0 bridgehead atoms. The lowest BCUT2D eigenvalue weighted by Crippen LogP contribution is -2.62. The molecule has 2 aromatic carbocycles. The highest BCUT2D eigenvalue weighted by Gasteiger charge is 2.51. The van der Waals surface area contributed by atoms with Gasteiger partial charge >= 0.3 is 0 Å². The van der Waals surface area contributed by atoms with Crippen LogP contribution >= 0.6 is 0 Å². The van der Waals surface area contributed by atoms with Crippen LogP contribution in [0.4, 0.5) is 0 Å². The van der Waals surface area contributed by atoms with Crippen LogP contribution in [0.2, 0.25) is 0 Å². The number of nitrogens with one attached hydrogen (secondary N) is 1. The number of hydrogen-bond acceptors (Lipinski definition) is 4. The van der Waals surface area contributed by atoms with Gasteiger partial charge < -0.3 is 11.1 Å². The number of carbonyl (C=O) groups is 2. The van der Waals surface area contributed by atoms with E-state index >= 15 is 0 Å². The van der Waals surface area contributed by atoms with Crippen molar-refractivity contribution in [1.82, 2.24) is 5.32 Å². The molecule has 0 aliphatic heterocycles. The molecular formula is C23H30N2O4S. The molecule has 30 heavy (non-hydrogen) atoms. The van der Waals surface area contributed by atoms with Crippen molar-refractivity contribution in [3.05, 3.63) is 66.2 Å². The fraction of sp³-hybridized carbons (Fsp3) is 0.391. The van der Waals surface area contributed by atoms with Gasteiger partial charge in [-0.3, -0.25) is 9.59 Å². The number of benzene rings is 2. The molecule has 1 unspecified atom stereocenters. The van der Waals surface area contributed by atoms with E-state index in [1.807, 2.05) is 0 Å². The summed E-state index contributed by atoms with van der Waals surface area (Å²) in [6.45, 7) is 2.11. The topological polar surface area (TPSA) is 106 Å². The number of amides is 2. The standard InChI is InChI=1S/C23H30N2O4S/c1-2-3-4-5-6-13-18-23(22(24)27,25-21(26)19-14-9-7-10-15-19)30(28,29)20-16-11-8-12-17-20/h7-12,14-17H,2-6,13,18H2,1H3,(H2,24,27)(H,25,26). The van der Waals surface area contributed by atoms with E-state index in [1.165, 1.54) is 12.1 Å². The molecule has 1 atom stereocenters. The van der Waals surface area contributed by atoms with Gasteiger partial charge in [0.2, 0.25) is 14.7 Å². The maximum Gasteiger partial charge on any atom is 0.259 e. The smallest absolute Gasteiger partial charge is 0.259 e. The van der Waals surface area contributed by atoms with Gasteiger partial charge in [0, 0.05) is 5.56 Å². The summed E-state index contributed by atoms with van der Waals surface area (Å²) in [4.78, 5) is 23.2. The zero-order chi connectivity index (χ0) is 22.0. The van der Waals surface area contributed by atoms with Crippen molar-refractivity contribution in [2.24, 2.45) is 5.73 Å². The van der Waals surface area contributed by atoms with Crippen LogP contribution in [-0.2, 0) is 14.6 Å². The molecule has 0 radical (unpaired) electrons. The molecule has 0 aliphatic rings. The zero-order valence-corrected chi connectivity index (χ0v) is 18.2. The van der Waals surface area contributed by atoms with Crippen molar-refractivity contribution < 1.29 is 18.0 Å². The van der Waals surface area contributed by atoms with E-state index in [0.29, 0.717) is 6.42 Å². The maximum atomic E-state index is 13.5. The third kappa shape index (κ3) is 5.48. The molecule has 0 fully saturated rings. The third-order valence-corrected chi connectivity index (χ3v) is 7.46. The van der Waals surface area contributed by atoms with Gasteiger partial charge in [-0.25, -0.2) is 8.42 Å². The predicted molar refractivity (Wildman–Crippen MR) is 117 cm³/mol. The van der Waals surface area contributed by atoms with E-state index in [0.717, 1.165) is 32.1 Å². The molecule has 0 saturated heterocycles. The summed E-state index contributed by atoms with van der Waals surface area (Å²) in [6.07, 6.45) is 5.30. The van der Waals surface area contributed by atoms with E-state index in [1.54, 1.807) is 48.5 Å². The average Bonchev–Trinajstić information content (AvgIpc) is 2.76. The minimum atomic E-state index is -4.27. The van der Waals surface area contributed by atoms with Crippen molar-refractivity contribution in [3.63, 3.8) is 0 Å². The van der Waals surface area contributed by atoms with Crippen molar-refractivity contribution in [2.75, 3.05) is 0 Å². The number of primary amides is 1. The van der Waals surface area contributed by atoms with Gasteiger partial charge in [-0.2, -0.15) is 0 Å². The molecule has 0 aromatic heterocycles. The van der Waals surface area contributed by atoms with Crippen LogP contribution in [0.1, 0.15) is 62.2 Å². The van der Waals surface area contributed by atoms with Gasteiger partial charge in [0.1, 0.15) is 0 Å². The third-order valence-electron chi connectivity index (χ3n) is 5.14. The summed E-state index contributed by atoms with van der Waals surface area (Å²) in [5.74, 6) is -1.73. The zero-order valence-electron chi connectivity index (χ0n) is 17.3. The molecule has 3 N–H and O–H groups in total. The molecule has 6 nitrogen and oxygen atoms in total. The molecule has 0 aliphatic carbocycles. The van der Waals surface area contributed by atoms with Crippen molar-refractivity contribution in [3.8, 4) is 0 Å². The second-order valence-electron chi connectivity index (χ2n) is 7.35. The van der Waals surface area contributed by atoms with E-state index < -0.39 is 26.5 Å². The van der Waals surface area contributed by atoms with Crippen molar-refractivity contribution in [2.45, 2.75) is 61.6 Å². The summed E-state index contributed by atoms with van der Waals surface area (Å²) >= 11 is 0. The van der Waals surface area contributed by atoms with Crippen LogP contribution in [0.5, 0.6) is 0 Å². The first kappa shape index (κ1) is 23.6. The number of sulfone groups is 1. The Balaban J connectivity index is 2.38. The van der Waals surface area contributed by atoms with E-state index in [9.17, 15) is 18.0 Å². The minimum Gasteiger partial charge on any atom is -0.367 e. The molecule has 162 valence electrons. The maximum absolute atomic E-state index is 13.5. The Bertz CT molecular complexity index is 930. The van der Waals surface area contributed by atoms with Crippen LogP contribution in [-0.4, -0.2) is 25.1 Å². The monoisotopic (exact) mass is 430 g/mol. The molecule has 0 heterocycles. The first-order valence-corrected chi connectivity index (χ1v) is 11.8. The Morgan fingerprint density at radius 1 is 0.867 bits per heavy atom. The van der Waals surface area contributed by atoms with Crippen LogP contribution in [0.3, 0.4) is 0 Å². The Morgan fingerprint density at radius 2 is 1.40 bits per heavy atom. The Morgan fingerprint density at radius 3 is 1.97 bits per heavy atom. The normalized spacial score (nSPS) is 13.4. The Kier molecular flexibility index (Phi) is 8.59. The second kappa shape index (κ2) is 10.9. The Labute approximate surface area is 178 Å². The van der Waals surface area contributed by atoms with Gasteiger partial charge in [-0.15, -0.1) is 0 Å². The highest BCUT2D eigenvalue weighted by molar-refractivity contribution is 7.93. The summed E-state index contributed by atoms with van der Waals surface area (Å²) < 4.78 is 27.0. The number of rotatable bonds is 12. The molecule has 2 rings (SSSR count). The number of unbranched alkanes of at least 4 members (excludes halogenated alkanes) is 5. The highest BCUT2D eigenvalue weighted by atomic mass is 32.2. The van der Waals surface area contributed by atoms with E-state index in [4.69, 9.17) is 5.73 Å². The summed E-state index contributed by atoms with van der Waals surface area (Å²) in [5.41, 5.74) is 5.91. The van der Waals surface area contributed by atoms with Gasteiger partial charge in [-0.1, -0.05) is 75.4 Å². The molecule has 0 saturated carbocycles. The van der Waals surface area contributed by atoms with Gasteiger partial charge in [0.25, 0.3) is 11.8 Å². The van der Waals surface area contributed by atoms with Crippen LogP contribution in [0, 0.1) is 0 Å². The molecule has 0 spiro atoms. The van der Waals surface area contributed by atoms with Crippen LogP contribution in [0.15, 0.2) is 65.6 Å². The number of hydrogen-bond donors (Lipinski definition) is 2. The summed E-state index contributed by atoms with van der Waals surface area (Å²) in [7, 11) is -4.27. The minimum absolute atomic E-state index is 0.0526.